The average Bonchev–Trinajstić information content (AvgIpc) is 2.05. The highest BCUT2D eigenvalue weighted by molar-refractivity contribution is 5.92. The van der Waals surface area contributed by atoms with E-state index in [4.69, 9.17) is 0 Å². The van der Waals surface area contributed by atoms with Crippen LogP contribution in [0.4, 0.5) is 13.2 Å². The van der Waals surface area contributed by atoms with Crippen LogP contribution in [0.1, 0.15) is 12.8 Å². The molecular weight excluding hydrogens is 223 g/mol. The van der Waals surface area contributed by atoms with Gasteiger partial charge in [-0.15, -0.1) is 13.2 Å². The maximum Gasteiger partial charge on any atom is 0.522 e. The molecule has 0 atom stereocenters. The highest BCUT2D eigenvalue weighted by Crippen LogP contribution is 2.35. The largest absolute Gasteiger partial charge is 0.522 e. The topological polar surface area (TPSA) is 29.5 Å². The van der Waals surface area contributed by atoms with Gasteiger partial charge in [-0.2, -0.15) is 0 Å². The Kier molecular flexibility index (Phi) is 3.96. The summed E-state index contributed by atoms with van der Waals surface area (Å²) in [6.07, 6.45) is -2.19. The molecule has 0 amide bonds. The zero-order chi connectivity index (χ0) is 12.3. The number of hydrogen-bond donors (Lipinski definition) is 0. The van der Waals surface area contributed by atoms with Crippen molar-refractivity contribution in [3.63, 3.8) is 0 Å². The number of carbonyl (C=O) groups is 1. The van der Waals surface area contributed by atoms with E-state index in [1.165, 1.54) is 6.08 Å². The Morgan fingerprint density at radius 3 is 2.38 bits per heavy atom. The minimum absolute atomic E-state index is 0.143. The number of carbonyl (C=O) groups excluding carboxylic acids is 1. The molecule has 0 bridgehead atoms. The van der Waals surface area contributed by atoms with Crippen molar-refractivity contribution >= 4 is 5.78 Å². The molecule has 0 aromatic heterocycles. The molecule has 0 unspecified atom stereocenters. The highest BCUT2D eigenvalue weighted by Gasteiger charge is 2.41. The van der Waals surface area contributed by atoms with E-state index in [1.807, 2.05) is 0 Å². The second-order valence-electron chi connectivity index (χ2n) is 4.04. The zero-order valence-electron chi connectivity index (χ0n) is 9.12. The number of ether oxygens (including phenoxy) is 1. The quantitative estimate of drug-likeness (QED) is 0.700. The first-order valence-electron chi connectivity index (χ1n) is 4.91. The summed E-state index contributed by atoms with van der Waals surface area (Å²) in [4.78, 5) is 13.1. The van der Waals surface area contributed by atoms with Crippen molar-refractivity contribution in [2.45, 2.75) is 25.3 Å². The van der Waals surface area contributed by atoms with Crippen molar-refractivity contribution in [1.82, 2.24) is 4.90 Å². The molecule has 92 valence electrons. The summed E-state index contributed by atoms with van der Waals surface area (Å²) in [6, 6.07) is 0. The summed E-state index contributed by atoms with van der Waals surface area (Å²) >= 11 is 0. The van der Waals surface area contributed by atoms with Gasteiger partial charge in [-0.3, -0.25) is 9.53 Å². The first-order valence-corrected chi connectivity index (χ1v) is 4.91. The van der Waals surface area contributed by atoms with Crippen LogP contribution in [0, 0.1) is 5.92 Å². The molecule has 1 aliphatic rings. The van der Waals surface area contributed by atoms with Crippen LogP contribution in [0.2, 0.25) is 0 Å². The average molecular weight is 237 g/mol. The summed E-state index contributed by atoms with van der Waals surface area (Å²) < 4.78 is 39.1. The lowest BCUT2D eigenvalue weighted by molar-refractivity contribution is -0.353. The molecule has 0 saturated heterocycles. The van der Waals surface area contributed by atoms with E-state index in [1.54, 1.807) is 25.2 Å². The number of rotatable bonds is 4. The lowest BCUT2D eigenvalue weighted by atomic mass is 9.79. The van der Waals surface area contributed by atoms with Gasteiger partial charge in [0.05, 0.1) is 6.10 Å². The fourth-order valence-corrected chi connectivity index (χ4v) is 1.44. The predicted octanol–water partition coefficient (Wildman–Crippen LogP) is 1.95. The minimum atomic E-state index is -4.60. The maximum absolute atomic E-state index is 11.8. The fraction of sp³-hybridized carbons (Fsp3) is 0.700. The van der Waals surface area contributed by atoms with Crippen LogP contribution in [-0.2, 0) is 9.53 Å². The van der Waals surface area contributed by atoms with E-state index in [0.717, 1.165) is 0 Å². The summed E-state index contributed by atoms with van der Waals surface area (Å²) in [5.74, 6) is -0.473. The number of allylic oxidation sites excluding steroid dienone is 1. The molecule has 0 aromatic carbocycles. The maximum atomic E-state index is 11.8. The van der Waals surface area contributed by atoms with E-state index in [-0.39, 0.29) is 24.5 Å². The second-order valence-corrected chi connectivity index (χ2v) is 4.04. The van der Waals surface area contributed by atoms with Crippen LogP contribution < -0.4 is 0 Å². The molecule has 0 aromatic rings. The molecule has 0 aliphatic heterocycles. The van der Waals surface area contributed by atoms with Gasteiger partial charge in [-0.05, 0) is 18.9 Å². The van der Waals surface area contributed by atoms with Gasteiger partial charge in [0.1, 0.15) is 0 Å². The lowest BCUT2D eigenvalue weighted by Crippen LogP contribution is -2.39. The molecule has 1 fully saturated rings. The third kappa shape index (κ3) is 4.22. The van der Waals surface area contributed by atoms with E-state index in [9.17, 15) is 18.0 Å². The van der Waals surface area contributed by atoms with Gasteiger partial charge in [0.2, 0.25) is 0 Å². The van der Waals surface area contributed by atoms with Gasteiger partial charge in [0.15, 0.2) is 5.78 Å². The SMILES string of the molecule is CN(C)/C=C/C(=O)[C@H]1C[C@@H](OC(F)(F)F)C1. The Morgan fingerprint density at radius 1 is 1.38 bits per heavy atom. The fourth-order valence-electron chi connectivity index (χ4n) is 1.44. The van der Waals surface area contributed by atoms with E-state index < -0.39 is 12.5 Å². The Bertz CT molecular complexity index is 280. The molecule has 0 spiro atoms. The van der Waals surface area contributed by atoms with Crippen molar-refractivity contribution in [2.75, 3.05) is 14.1 Å². The highest BCUT2D eigenvalue weighted by atomic mass is 19.4. The number of alkyl halides is 3. The lowest BCUT2D eigenvalue weighted by Gasteiger charge is -2.33. The number of nitrogens with zero attached hydrogens (tertiary/aromatic N) is 1. The third-order valence-corrected chi connectivity index (χ3v) is 2.33. The van der Waals surface area contributed by atoms with Gasteiger partial charge in [0.25, 0.3) is 0 Å². The van der Waals surface area contributed by atoms with Crippen molar-refractivity contribution in [2.24, 2.45) is 5.92 Å². The molecule has 1 rings (SSSR count). The van der Waals surface area contributed by atoms with Gasteiger partial charge in [-0.1, -0.05) is 0 Å². The molecule has 0 radical (unpaired) electrons. The Morgan fingerprint density at radius 2 is 1.94 bits per heavy atom. The molecule has 3 nitrogen and oxygen atoms in total. The van der Waals surface area contributed by atoms with Crippen LogP contribution in [-0.4, -0.2) is 37.2 Å². The van der Waals surface area contributed by atoms with E-state index in [2.05, 4.69) is 4.74 Å². The molecule has 6 heteroatoms. The predicted molar refractivity (Wildman–Crippen MR) is 51.5 cm³/mol. The van der Waals surface area contributed by atoms with Crippen LogP contribution in [0.25, 0.3) is 0 Å². The molecule has 1 aliphatic carbocycles. The Balaban J connectivity index is 2.28. The molecule has 16 heavy (non-hydrogen) atoms. The van der Waals surface area contributed by atoms with Gasteiger partial charge in [-0.25, -0.2) is 0 Å². The van der Waals surface area contributed by atoms with E-state index >= 15 is 0 Å². The van der Waals surface area contributed by atoms with Crippen molar-refractivity contribution in [3.05, 3.63) is 12.3 Å². The second kappa shape index (κ2) is 4.86. The number of halogens is 3. The van der Waals surface area contributed by atoms with Gasteiger partial charge < -0.3 is 4.90 Å². The monoisotopic (exact) mass is 237 g/mol. The Hall–Kier alpha value is -1.04. The van der Waals surface area contributed by atoms with Crippen LogP contribution in [0.3, 0.4) is 0 Å². The first-order chi connectivity index (χ1) is 7.28. The van der Waals surface area contributed by atoms with Crippen molar-refractivity contribution < 1.29 is 22.7 Å². The molecule has 0 heterocycles. The molecular formula is C10H14F3NO2. The summed E-state index contributed by atoms with van der Waals surface area (Å²) in [5, 5.41) is 0. The van der Waals surface area contributed by atoms with Gasteiger partial charge >= 0.3 is 6.36 Å². The van der Waals surface area contributed by atoms with Gasteiger partial charge in [0, 0.05) is 26.2 Å². The summed E-state index contributed by atoms with van der Waals surface area (Å²) in [6.45, 7) is 0. The molecule has 0 N–H and O–H groups in total. The summed E-state index contributed by atoms with van der Waals surface area (Å²) in [7, 11) is 3.53. The zero-order valence-corrected chi connectivity index (χ0v) is 9.12. The number of hydrogen-bond acceptors (Lipinski definition) is 3. The van der Waals surface area contributed by atoms with Crippen molar-refractivity contribution in [3.8, 4) is 0 Å². The minimum Gasteiger partial charge on any atom is -0.383 e. The van der Waals surface area contributed by atoms with Crippen LogP contribution >= 0.6 is 0 Å². The summed E-state index contributed by atoms with van der Waals surface area (Å²) in [5.41, 5.74) is 0. The van der Waals surface area contributed by atoms with Crippen molar-refractivity contribution in [1.29, 1.82) is 0 Å². The number of ketones is 1. The molecule has 1 saturated carbocycles. The standard InChI is InChI=1S/C10H14F3NO2/c1-14(2)4-3-9(15)7-5-8(6-7)16-10(11,12)13/h3-4,7-8H,5-6H2,1-2H3/b4-3+/t7-,8+. The van der Waals surface area contributed by atoms with Crippen LogP contribution in [0.15, 0.2) is 12.3 Å². The van der Waals surface area contributed by atoms with E-state index in [0.29, 0.717) is 0 Å². The third-order valence-electron chi connectivity index (χ3n) is 2.33. The smallest absolute Gasteiger partial charge is 0.383 e. The normalized spacial score (nSPS) is 25.6. The Labute approximate surface area is 91.9 Å². The first kappa shape index (κ1) is 13.0. The van der Waals surface area contributed by atoms with Crippen LogP contribution in [0.5, 0.6) is 0 Å².